The fraction of sp³-hybridized carbons (Fsp3) is 0.200. The molecule has 0 aliphatic carbocycles. The second-order valence-electron chi connectivity index (χ2n) is 4.54. The molecule has 0 aliphatic heterocycles. The maximum absolute atomic E-state index is 11.2. The number of rotatable bonds is 5. The number of benzene rings is 1. The highest BCUT2D eigenvalue weighted by atomic mass is 79.9. The van der Waals surface area contributed by atoms with Gasteiger partial charge in [0.15, 0.2) is 0 Å². The molecule has 0 atom stereocenters. The van der Waals surface area contributed by atoms with Gasteiger partial charge in [-0.2, -0.15) is 0 Å². The van der Waals surface area contributed by atoms with Crippen molar-refractivity contribution in [2.24, 2.45) is 0 Å². The summed E-state index contributed by atoms with van der Waals surface area (Å²) < 4.78 is 0.800. The number of carboxylic acid groups (broad SMARTS) is 1. The maximum Gasteiger partial charge on any atom is 0.335 e. The van der Waals surface area contributed by atoms with E-state index >= 15 is 0 Å². The standard InChI is InChI=1S/C15H14BrClN2O2/c1-2-3-10-6-9(15(20)21)7-14(18-10)19-11-4-5-12(16)13(17)8-11/h4-8H,2-3H2,1H3,(H,18,19)(H,20,21). The van der Waals surface area contributed by atoms with Crippen LogP contribution in [-0.4, -0.2) is 16.1 Å². The maximum atomic E-state index is 11.2. The average Bonchev–Trinajstić information content (AvgIpc) is 2.43. The molecule has 2 rings (SSSR count). The molecule has 2 aromatic rings. The first-order valence-corrected chi connectivity index (χ1v) is 7.63. The van der Waals surface area contributed by atoms with Crippen molar-refractivity contribution in [3.63, 3.8) is 0 Å². The van der Waals surface area contributed by atoms with Gasteiger partial charge in [-0.3, -0.25) is 0 Å². The van der Waals surface area contributed by atoms with Crippen molar-refractivity contribution >= 4 is 45.0 Å². The molecule has 6 heteroatoms. The number of hydrogen-bond donors (Lipinski definition) is 2. The van der Waals surface area contributed by atoms with Gasteiger partial charge in [-0.05, 0) is 52.7 Å². The third kappa shape index (κ3) is 4.19. The van der Waals surface area contributed by atoms with Crippen LogP contribution in [0.25, 0.3) is 0 Å². The predicted octanol–water partition coefficient (Wildman–Crippen LogP) is 4.89. The number of carboxylic acids is 1. The summed E-state index contributed by atoms with van der Waals surface area (Å²) in [6, 6.07) is 8.52. The fourth-order valence-electron chi connectivity index (χ4n) is 1.88. The zero-order chi connectivity index (χ0) is 15.4. The number of anilines is 2. The first-order valence-electron chi connectivity index (χ1n) is 6.46. The molecule has 4 nitrogen and oxygen atoms in total. The Balaban J connectivity index is 2.33. The SMILES string of the molecule is CCCc1cc(C(=O)O)cc(Nc2ccc(Br)c(Cl)c2)n1. The lowest BCUT2D eigenvalue weighted by atomic mass is 10.1. The molecule has 0 amide bonds. The summed E-state index contributed by atoms with van der Waals surface area (Å²) in [5.41, 5.74) is 1.72. The number of pyridine rings is 1. The minimum Gasteiger partial charge on any atom is -0.478 e. The second kappa shape index (κ2) is 6.91. The Labute approximate surface area is 136 Å². The number of aryl methyl sites for hydroxylation is 1. The van der Waals surface area contributed by atoms with Crippen LogP contribution in [0.5, 0.6) is 0 Å². The molecular weight excluding hydrogens is 356 g/mol. The monoisotopic (exact) mass is 368 g/mol. The first-order chi connectivity index (χ1) is 9.99. The fourth-order valence-corrected chi connectivity index (χ4v) is 2.31. The summed E-state index contributed by atoms with van der Waals surface area (Å²) in [7, 11) is 0. The predicted molar refractivity (Wildman–Crippen MR) is 87.6 cm³/mol. The number of aromatic nitrogens is 1. The Hall–Kier alpha value is -1.59. The topological polar surface area (TPSA) is 62.2 Å². The summed E-state index contributed by atoms with van der Waals surface area (Å²) in [5.74, 6) is -0.469. The quantitative estimate of drug-likeness (QED) is 0.787. The third-order valence-corrected chi connectivity index (χ3v) is 4.06. The van der Waals surface area contributed by atoms with Gasteiger partial charge in [-0.1, -0.05) is 24.9 Å². The van der Waals surface area contributed by atoms with Crippen molar-refractivity contribution in [2.75, 3.05) is 5.32 Å². The molecule has 0 bridgehead atoms. The van der Waals surface area contributed by atoms with Crippen molar-refractivity contribution in [1.29, 1.82) is 0 Å². The summed E-state index contributed by atoms with van der Waals surface area (Å²) in [6.07, 6.45) is 1.64. The molecule has 0 radical (unpaired) electrons. The van der Waals surface area contributed by atoms with Gasteiger partial charge in [-0.25, -0.2) is 9.78 Å². The van der Waals surface area contributed by atoms with Gasteiger partial charge in [0.05, 0.1) is 10.6 Å². The van der Waals surface area contributed by atoms with E-state index in [1.807, 2.05) is 19.1 Å². The van der Waals surface area contributed by atoms with Gasteiger partial charge in [0.25, 0.3) is 0 Å². The number of halogens is 2. The van der Waals surface area contributed by atoms with Gasteiger partial charge in [0.1, 0.15) is 5.82 Å². The van der Waals surface area contributed by atoms with Crippen molar-refractivity contribution < 1.29 is 9.90 Å². The van der Waals surface area contributed by atoms with E-state index < -0.39 is 5.97 Å². The number of carbonyl (C=O) groups is 1. The number of hydrogen-bond acceptors (Lipinski definition) is 3. The van der Waals surface area contributed by atoms with Crippen LogP contribution >= 0.6 is 27.5 Å². The van der Waals surface area contributed by atoms with Crippen LogP contribution in [0.1, 0.15) is 29.4 Å². The Morgan fingerprint density at radius 3 is 2.76 bits per heavy atom. The third-order valence-electron chi connectivity index (χ3n) is 2.82. The molecule has 2 N–H and O–H groups in total. The Morgan fingerprint density at radius 2 is 2.14 bits per heavy atom. The molecule has 1 aromatic heterocycles. The van der Waals surface area contributed by atoms with Crippen LogP contribution in [0, 0.1) is 0 Å². The highest BCUT2D eigenvalue weighted by Crippen LogP contribution is 2.27. The van der Waals surface area contributed by atoms with E-state index in [0.29, 0.717) is 10.8 Å². The first kappa shape index (κ1) is 15.8. The molecule has 0 saturated carbocycles. The summed E-state index contributed by atoms with van der Waals surface area (Å²) in [5, 5.41) is 12.8. The Kier molecular flexibility index (Phi) is 5.20. The van der Waals surface area contributed by atoms with Gasteiger partial charge in [0, 0.05) is 15.9 Å². The van der Waals surface area contributed by atoms with Crippen LogP contribution in [0.2, 0.25) is 5.02 Å². The van der Waals surface area contributed by atoms with E-state index in [1.165, 1.54) is 6.07 Å². The average molecular weight is 370 g/mol. The second-order valence-corrected chi connectivity index (χ2v) is 5.80. The van der Waals surface area contributed by atoms with Crippen molar-refractivity contribution in [2.45, 2.75) is 19.8 Å². The van der Waals surface area contributed by atoms with Gasteiger partial charge >= 0.3 is 5.97 Å². The lowest BCUT2D eigenvalue weighted by Crippen LogP contribution is -2.03. The lowest BCUT2D eigenvalue weighted by Gasteiger charge is -2.10. The number of aromatic carboxylic acids is 1. The van der Waals surface area contributed by atoms with Crippen LogP contribution in [0.15, 0.2) is 34.8 Å². The Morgan fingerprint density at radius 1 is 1.38 bits per heavy atom. The molecule has 0 saturated heterocycles. The molecule has 1 aromatic carbocycles. The van der Waals surface area contributed by atoms with E-state index in [4.69, 9.17) is 16.7 Å². The smallest absolute Gasteiger partial charge is 0.335 e. The van der Waals surface area contributed by atoms with Crippen molar-refractivity contribution in [3.05, 3.63) is 51.1 Å². The molecule has 1 heterocycles. The largest absolute Gasteiger partial charge is 0.478 e. The molecule has 0 aliphatic rings. The summed E-state index contributed by atoms with van der Waals surface area (Å²) in [4.78, 5) is 15.6. The van der Waals surface area contributed by atoms with E-state index in [0.717, 1.165) is 28.7 Å². The molecule has 0 unspecified atom stereocenters. The minimum atomic E-state index is -0.966. The van der Waals surface area contributed by atoms with Crippen LogP contribution < -0.4 is 5.32 Å². The van der Waals surface area contributed by atoms with Crippen LogP contribution in [0.4, 0.5) is 11.5 Å². The van der Waals surface area contributed by atoms with Gasteiger partial charge in [0.2, 0.25) is 0 Å². The molecule has 0 spiro atoms. The van der Waals surface area contributed by atoms with Crippen molar-refractivity contribution in [1.82, 2.24) is 4.98 Å². The van der Waals surface area contributed by atoms with Gasteiger partial charge < -0.3 is 10.4 Å². The minimum absolute atomic E-state index is 0.221. The number of nitrogens with one attached hydrogen (secondary N) is 1. The lowest BCUT2D eigenvalue weighted by molar-refractivity contribution is 0.0696. The number of nitrogens with zero attached hydrogens (tertiary/aromatic N) is 1. The van der Waals surface area contributed by atoms with E-state index in [9.17, 15) is 4.79 Å². The molecule has 21 heavy (non-hydrogen) atoms. The molecule has 110 valence electrons. The van der Waals surface area contributed by atoms with Crippen LogP contribution in [0.3, 0.4) is 0 Å². The summed E-state index contributed by atoms with van der Waals surface area (Å²) >= 11 is 9.37. The normalized spacial score (nSPS) is 10.4. The highest BCUT2D eigenvalue weighted by Gasteiger charge is 2.09. The molecule has 0 fully saturated rings. The zero-order valence-corrected chi connectivity index (χ0v) is 13.7. The van der Waals surface area contributed by atoms with Crippen molar-refractivity contribution in [3.8, 4) is 0 Å². The summed E-state index contributed by atoms with van der Waals surface area (Å²) in [6.45, 7) is 2.02. The Bertz CT molecular complexity index is 677. The van der Waals surface area contributed by atoms with E-state index in [2.05, 4.69) is 26.2 Å². The van der Waals surface area contributed by atoms with E-state index in [-0.39, 0.29) is 5.56 Å². The zero-order valence-electron chi connectivity index (χ0n) is 11.4. The highest BCUT2D eigenvalue weighted by molar-refractivity contribution is 9.10. The van der Waals surface area contributed by atoms with Crippen LogP contribution in [-0.2, 0) is 6.42 Å². The molecular formula is C15H14BrClN2O2. The van der Waals surface area contributed by atoms with Gasteiger partial charge in [-0.15, -0.1) is 0 Å². The van der Waals surface area contributed by atoms with E-state index in [1.54, 1.807) is 12.1 Å².